The molecule has 0 saturated heterocycles. The Bertz CT molecular complexity index is 327. The molecular weight excluding hydrogens is 248 g/mol. The minimum Gasteiger partial charge on any atom is -0.295 e. The molecule has 0 fully saturated rings. The summed E-state index contributed by atoms with van der Waals surface area (Å²) in [6.07, 6.45) is 3.37. The molecule has 0 aromatic carbocycles. The third-order valence-corrected chi connectivity index (χ3v) is 2.54. The zero-order valence-corrected chi connectivity index (χ0v) is 13.1. The van der Waals surface area contributed by atoms with Gasteiger partial charge in [-0.25, -0.2) is 0 Å². The molecule has 0 rings (SSSR count). The van der Waals surface area contributed by atoms with E-state index in [2.05, 4.69) is 0 Å². The van der Waals surface area contributed by atoms with E-state index in [1.807, 2.05) is 55.4 Å². The van der Waals surface area contributed by atoms with Crippen molar-refractivity contribution < 1.29 is 9.59 Å². The van der Waals surface area contributed by atoms with E-state index in [1.165, 1.54) is 0 Å². The van der Waals surface area contributed by atoms with Crippen LogP contribution in [0.2, 0.25) is 0 Å². The minimum absolute atomic E-state index is 0. The third kappa shape index (κ3) is 13.3. The number of hydrogen-bond donors (Lipinski definition) is 0. The summed E-state index contributed by atoms with van der Waals surface area (Å²) in [5.41, 5.74) is 2.04. The van der Waals surface area contributed by atoms with Crippen LogP contribution in [0.15, 0.2) is 23.3 Å². The van der Waals surface area contributed by atoms with Crippen LogP contribution in [-0.4, -0.2) is 11.6 Å². The predicted octanol–water partition coefficient (Wildman–Crippen LogP) is 5.63. The maximum Gasteiger partial charge on any atom is 0.161 e. The first kappa shape index (κ1) is 27.2. The molecule has 0 amide bonds. The van der Waals surface area contributed by atoms with E-state index in [9.17, 15) is 9.59 Å². The van der Waals surface area contributed by atoms with Crippen molar-refractivity contribution in [3.05, 3.63) is 23.3 Å². The lowest BCUT2D eigenvalue weighted by Gasteiger charge is -2.04. The Kier molecular flexibility index (Phi) is 19.4. The number of Topliss-reactive ketones (excluding diaryl/α,β-unsaturated/α-hetero) is 1. The highest BCUT2D eigenvalue weighted by atomic mass is 16.1. The fourth-order valence-electron chi connectivity index (χ4n) is 1.04. The number of carbonyl (C=O) groups is 2. The Morgan fingerprint density at radius 1 is 0.850 bits per heavy atom. The Labute approximate surface area is 127 Å². The van der Waals surface area contributed by atoms with E-state index in [-0.39, 0.29) is 38.3 Å². The van der Waals surface area contributed by atoms with Gasteiger partial charge in [-0.1, -0.05) is 54.2 Å². The van der Waals surface area contributed by atoms with Crippen LogP contribution in [0.1, 0.15) is 70.2 Å². The van der Waals surface area contributed by atoms with Crippen molar-refractivity contribution in [2.45, 2.75) is 70.2 Å². The van der Waals surface area contributed by atoms with Gasteiger partial charge in [0, 0.05) is 11.8 Å². The first-order chi connectivity index (χ1) is 8.14. The van der Waals surface area contributed by atoms with Crippen LogP contribution >= 0.6 is 0 Å². The van der Waals surface area contributed by atoms with Crippen LogP contribution in [0.3, 0.4) is 0 Å². The molecule has 2 nitrogen and oxygen atoms in total. The Morgan fingerprint density at radius 2 is 1.25 bits per heavy atom. The number of rotatable bonds is 4. The monoisotopic (exact) mass is 284 g/mol. The summed E-state index contributed by atoms with van der Waals surface area (Å²) >= 11 is 0. The highest BCUT2D eigenvalue weighted by molar-refractivity contribution is 5.96. The molecule has 0 unspecified atom stereocenters. The van der Waals surface area contributed by atoms with Crippen molar-refractivity contribution in [3.63, 3.8) is 0 Å². The molecular formula is C18H36O2. The van der Waals surface area contributed by atoms with Crippen LogP contribution in [0.5, 0.6) is 0 Å². The first-order valence-corrected chi connectivity index (χ1v) is 6.49. The molecule has 120 valence electrons. The van der Waals surface area contributed by atoms with Gasteiger partial charge in [0.2, 0.25) is 0 Å². The minimum atomic E-state index is 0. The maximum atomic E-state index is 11.2. The van der Waals surface area contributed by atoms with Crippen LogP contribution in [0.4, 0.5) is 0 Å². The van der Waals surface area contributed by atoms with E-state index < -0.39 is 0 Å². The van der Waals surface area contributed by atoms with Gasteiger partial charge in [0.15, 0.2) is 11.6 Å². The van der Waals surface area contributed by atoms with Gasteiger partial charge in [0.25, 0.3) is 0 Å². The van der Waals surface area contributed by atoms with Crippen LogP contribution in [-0.2, 0) is 9.59 Å². The largest absolute Gasteiger partial charge is 0.295 e. The molecule has 0 aliphatic carbocycles. The quantitative estimate of drug-likeness (QED) is 0.627. The normalized spacial score (nSPS) is 9.30. The summed E-state index contributed by atoms with van der Waals surface area (Å²) in [5.74, 6) is 0.744. The van der Waals surface area contributed by atoms with Crippen molar-refractivity contribution in [1.82, 2.24) is 0 Å². The summed E-state index contributed by atoms with van der Waals surface area (Å²) in [7, 11) is 0. The van der Waals surface area contributed by atoms with E-state index in [1.54, 1.807) is 12.2 Å². The van der Waals surface area contributed by atoms with Gasteiger partial charge in [-0.2, -0.15) is 0 Å². The molecule has 0 spiro atoms. The van der Waals surface area contributed by atoms with E-state index >= 15 is 0 Å². The average molecular weight is 284 g/mol. The Hall–Kier alpha value is -1.18. The number of hydrogen-bond acceptors (Lipinski definition) is 2. The van der Waals surface area contributed by atoms with Gasteiger partial charge in [-0.3, -0.25) is 9.59 Å². The summed E-state index contributed by atoms with van der Waals surface area (Å²) < 4.78 is 0. The topological polar surface area (TPSA) is 34.1 Å². The van der Waals surface area contributed by atoms with Crippen LogP contribution in [0.25, 0.3) is 0 Å². The maximum absolute atomic E-state index is 11.2. The van der Waals surface area contributed by atoms with Gasteiger partial charge in [-0.15, -0.1) is 0 Å². The lowest BCUT2D eigenvalue weighted by molar-refractivity contribution is -0.118. The second-order valence-corrected chi connectivity index (χ2v) is 5.20. The Morgan fingerprint density at radius 3 is 1.35 bits per heavy atom. The molecule has 20 heavy (non-hydrogen) atoms. The SMILES string of the molecule is C.C.C/C=C\C(=O)C(C)C.CC(C)=C(C)C(=O)C(C)C. The fourth-order valence-corrected chi connectivity index (χ4v) is 1.04. The standard InChI is InChI=1S/C9H16O.C7H12O.2CH4/c1-6(2)8(5)9(10)7(3)4;1-4-5-7(8)6(2)3;;/h7H,1-5H3;4-6H,1-3H3;2*1H4/b;5-4-;;. The van der Waals surface area contributed by atoms with Gasteiger partial charge in [0.05, 0.1) is 0 Å². The van der Waals surface area contributed by atoms with Crippen molar-refractivity contribution in [3.8, 4) is 0 Å². The third-order valence-electron chi connectivity index (χ3n) is 2.54. The number of carbonyl (C=O) groups excluding carboxylic acids is 2. The summed E-state index contributed by atoms with van der Waals surface area (Å²) in [6, 6.07) is 0. The second kappa shape index (κ2) is 14.2. The van der Waals surface area contributed by atoms with Crippen molar-refractivity contribution in [1.29, 1.82) is 0 Å². The second-order valence-electron chi connectivity index (χ2n) is 5.20. The molecule has 0 heterocycles. The Balaban J connectivity index is -0.000000119. The van der Waals surface area contributed by atoms with Crippen LogP contribution < -0.4 is 0 Å². The number of ketones is 2. The molecule has 0 aromatic rings. The average Bonchev–Trinajstić information content (AvgIpc) is 2.27. The predicted molar refractivity (Wildman–Crippen MR) is 92.0 cm³/mol. The first-order valence-electron chi connectivity index (χ1n) is 6.49. The number of allylic oxidation sites excluding steroid dienone is 4. The molecule has 0 atom stereocenters. The molecule has 0 radical (unpaired) electrons. The van der Waals surface area contributed by atoms with E-state index in [4.69, 9.17) is 0 Å². The fraction of sp³-hybridized carbons (Fsp3) is 0.667. The molecule has 0 aliphatic rings. The molecule has 0 saturated carbocycles. The molecule has 2 heteroatoms. The van der Waals surface area contributed by atoms with E-state index in [0.717, 1.165) is 11.1 Å². The lowest BCUT2D eigenvalue weighted by Crippen LogP contribution is -2.08. The van der Waals surface area contributed by atoms with Gasteiger partial charge >= 0.3 is 0 Å². The zero-order valence-electron chi connectivity index (χ0n) is 13.1. The van der Waals surface area contributed by atoms with Crippen molar-refractivity contribution in [2.24, 2.45) is 11.8 Å². The van der Waals surface area contributed by atoms with E-state index in [0.29, 0.717) is 0 Å². The highest BCUT2D eigenvalue weighted by Gasteiger charge is 2.09. The van der Waals surface area contributed by atoms with Gasteiger partial charge in [0.1, 0.15) is 0 Å². The van der Waals surface area contributed by atoms with Gasteiger partial charge < -0.3 is 0 Å². The highest BCUT2D eigenvalue weighted by Crippen LogP contribution is 2.09. The smallest absolute Gasteiger partial charge is 0.161 e. The van der Waals surface area contributed by atoms with Crippen molar-refractivity contribution >= 4 is 11.6 Å². The summed E-state index contributed by atoms with van der Waals surface area (Å²) in [5, 5.41) is 0. The summed E-state index contributed by atoms with van der Waals surface area (Å²) in [6.45, 7) is 15.3. The summed E-state index contributed by atoms with van der Waals surface area (Å²) in [4.78, 5) is 21.9. The molecule has 0 aromatic heterocycles. The zero-order chi connectivity index (χ0) is 14.9. The lowest BCUT2D eigenvalue weighted by atomic mass is 9.99. The molecule has 0 N–H and O–H groups in total. The molecule has 0 aliphatic heterocycles. The van der Waals surface area contributed by atoms with Crippen LogP contribution in [0, 0.1) is 11.8 Å². The molecule has 0 bridgehead atoms. The van der Waals surface area contributed by atoms with Gasteiger partial charge in [-0.05, 0) is 39.3 Å². The van der Waals surface area contributed by atoms with Crippen molar-refractivity contribution in [2.75, 3.05) is 0 Å².